The third-order valence-electron chi connectivity index (χ3n) is 3.61. The Hall–Kier alpha value is -1.95. The van der Waals surface area contributed by atoms with Gasteiger partial charge in [0.1, 0.15) is 5.69 Å². The van der Waals surface area contributed by atoms with Crippen molar-refractivity contribution in [2.75, 3.05) is 13.1 Å². The van der Waals surface area contributed by atoms with Gasteiger partial charge in [-0.2, -0.15) is 0 Å². The maximum atomic E-state index is 12.5. The molecule has 2 aromatic rings. The van der Waals surface area contributed by atoms with Gasteiger partial charge < -0.3 is 10.6 Å². The Balaban J connectivity index is 1.89. The van der Waals surface area contributed by atoms with Crippen LogP contribution in [0.15, 0.2) is 24.7 Å². The summed E-state index contributed by atoms with van der Waals surface area (Å²) < 4.78 is 1.76. The van der Waals surface area contributed by atoms with Gasteiger partial charge in [-0.1, -0.05) is 0 Å². The highest BCUT2D eigenvalue weighted by Gasteiger charge is 2.27. The van der Waals surface area contributed by atoms with Gasteiger partial charge in [-0.05, 0) is 25.3 Å². The van der Waals surface area contributed by atoms with E-state index in [1.807, 2.05) is 17.2 Å². The molecule has 0 bridgehead atoms. The minimum absolute atomic E-state index is 0.0411. The lowest BCUT2D eigenvalue weighted by Crippen LogP contribution is -2.47. The number of aromatic nitrogens is 3. The van der Waals surface area contributed by atoms with Gasteiger partial charge in [0.15, 0.2) is 0 Å². The number of piperidine rings is 1. The molecule has 2 aromatic heterocycles. The highest BCUT2D eigenvalue weighted by molar-refractivity contribution is 5.93. The molecule has 0 saturated carbocycles. The lowest BCUT2D eigenvalue weighted by atomic mass is 10.0. The molecule has 0 aliphatic carbocycles. The van der Waals surface area contributed by atoms with E-state index < -0.39 is 0 Å². The Bertz CT molecular complexity index is 560. The molecule has 3 rings (SSSR count). The largest absolute Gasteiger partial charge is 0.333 e. The van der Waals surface area contributed by atoms with Crippen LogP contribution >= 0.6 is 0 Å². The first-order chi connectivity index (χ1) is 9.29. The van der Waals surface area contributed by atoms with Crippen LogP contribution in [0.2, 0.25) is 0 Å². The lowest BCUT2D eigenvalue weighted by Gasteiger charge is -2.34. The number of nitrogens with two attached hydrogens (primary N) is 1. The zero-order chi connectivity index (χ0) is 13.2. The average molecular weight is 259 g/mol. The first-order valence-corrected chi connectivity index (χ1v) is 6.60. The fourth-order valence-corrected chi connectivity index (χ4v) is 2.59. The fourth-order valence-electron chi connectivity index (χ4n) is 2.59. The zero-order valence-corrected chi connectivity index (χ0v) is 10.7. The summed E-state index contributed by atoms with van der Waals surface area (Å²) in [5.74, 6) is 0.507. The number of hydrogen-bond donors (Lipinski definition) is 1. The van der Waals surface area contributed by atoms with E-state index in [1.54, 1.807) is 16.8 Å². The van der Waals surface area contributed by atoms with Gasteiger partial charge in [-0.25, -0.2) is 9.97 Å². The summed E-state index contributed by atoms with van der Waals surface area (Å²) in [5, 5.41) is 0. The van der Waals surface area contributed by atoms with E-state index in [2.05, 4.69) is 9.97 Å². The Kier molecular flexibility index (Phi) is 3.16. The number of fused-ring (bicyclic) bond motifs is 1. The molecule has 1 amide bonds. The third-order valence-corrected chi connectivity index (χ3v) is 3.61. The van der Waals surface area contributed by atoms with Gasteiger partial charge in [0.05, 0.1) is 0 Å². The van der Waals surface area contributed by atoms with Crippen molar-refractivity contribution in [2.45, 2.75) is 25.3 Å². The molecular formula is C13H17N5O. The monoisotopic (exact) mass is 259 g/mol. The second-order valence-corrected chi connectivity index (χ2v) is 4.84. The maximum Gasteiger partial charge on any atom is 0.274 e. The van der Waals surface area contributed by atoms with E-state index in [-0.39, 0.29) is 11.9 Å². The van der Waals surface area contributed by atoms with Crippen molar-refractivity contribution in [2.24, 2.45) is 5.73 Å². The fraction of sp³-hybridized carbons (Fsp3) is 0.462. The van der Waals surface area contributed by atoms with Crippen LogP contribution in [-0.2, 0) is 0 Å². The van der Waals surface area contributed by atoms with Crippen LogP contribution in [0.1, 0.15) is 29.8 Å². The van der Waals surface area contributed by atoms with Crippen molar-refractivity contribution in [1.29, 1.82) is 0 Å². The van der Waals surface area contributed by atoms with Gasteiger partial charge in [-0.3, -0.25) is 9.20 Å². The minimum atomic E-state index is -0.0411. The number of imidazole rings is 1. The molecular weight excluding hydrogens is 242 g/mol. The van der Waals surface area contributed by atoms with E-state index in [1.165, 1.54) is 0 Å². The normalized spacial score (nSPS) is 19.8. The summed E-state index contributed by atoms with van der Waals surface area (Å²) in [6, 6.07) is 1.95. The SMILES string of the molecule is NC[C@@H]1CCCCN1C(=O)c1cn2cccnc2n1. The maximum absolute atomic E-state index is 12.5. The van der Waals surface area contributed by atoms with Crippen LogP contribution in [0, 0.1) is 0 Å². The average Bonchev–Trinajstić information content (AvgIpc) is 2.90. The Morgan fingerprint density at radius 3 is 3.16 bits per heavy atom. The minimum Gasteiger partial charge on any atom is -0.333 e. The summed E-state index contributed by atoms with van der Waals surface area (Å²) in [5.41, 5.74) is 6.20. The molecule has 6 nitrogen and oxygen atoms in total. The van der Waals surface area contributed by atoms with E-state index in [9.17, 15) is 4.79 Å². The van der Waals surface area contributed by atoms with Crippen molar-refractivity contribution in [1.82, 2.24) is 19.3 Å². The number of nitrogens with zero attached hydrogens (tertiary/aromatic N) is 4. The van der Waals surface area contributed by atoms with Gasteiger partial charge >= 0.3 is 0 Å². The van der Waals surface area contributed by atoms with Gasteiger partial charge in [-0.15, -0.1) is 0 Å². The van der Waals surface area contributed by atoms with Crippen LogP contribution in [0.4, 0.5) is 0 Å². The Morgan fingerprint density at radius 1 is 1.47 bits per heavy atom. The van der Waals surface area contributed by atoms with Crippen LogP contribution in [0.5, 0.6) is 0 Å². The quantitative estimate of drug-likeness (QED) is 0.860. The van der Waals surface area contributed by atoms with E-state index in [0.717, 1.165) is 25.8 Å². The molecule has 0 unspecified atom stereocenters. The summed E-state index contributed by atoms with van der Waals surface area (Å²) in [4.78, 5) is 22.8. The standard InChI is InChI=1S/C13H17N5O/c14-8-10-4-1-2-7-18(10)12(19)11-9-17-6-3-5-15-13(17)16-11/h3,5-6,9-10H,1-2,4,7-8,14H2/t10-/m0/s1. The Labute approximate surface area is 111 Å². The molecule has 6 heteroatoms. The first-order valence-electron chi connectivity index (χ1n) is 6.60. The molecule has 0 spiro atoms. The summed E-state index contributed by atoms with van der Waals surface area (Å²) in [6.07, 6.45) is 8.38. The smallest absolute Gasteiger partial charge is 0.274 e. The first kappa shape index (κ1) is 12.1. The van der Waals surface area contributed by atoms with Gasteiger partial charge in [0.2, 0.25) is 5.78 Å². The molecule has 100 valence electrons. The van der Waals surface area contributed by atoms with Crippen molar-refractivity contribution in [3.8, 4) is 0 Å². The number of carbonyl (C=O) groups is 1. The summed E-state index contributed by atoms with van der Waals surface area (Å²) in [7, 11) is 0. The highest BCUT2D eigenvalue weighted by atomic mass is 16.2. The van der Waals surface area contributed by atoms with Crippen molar-refractivity contribution >= 4 is 11.7 Å². The molecule has 1 atom stereocenters. The summed E-state index contributed by atoms with van der Waals surface area (Å²) >= 11 is 0. The van der Waals surface area contributed by atoms with Crippen LogP contribution in [-0.4, -0.2) is 44.3 Å². The van der Waals surface area contributed by atoms with Crippen molar-refractivity contribution < 1.29 is 4.79 Å². The molecule has 1 saturated heterocycles. The zero-order valence-electron chi connectivity index (χ0n) is 10.7. The number of likely N-dealkylation sites (tertiary alicyclic amines) is 1. The number of carbonyl (C=O) groups excluding carboxylic acids is 1. The van der Waals surface area contributed by atoms with Crippen molar-refractivity contribution in [3.05, 3.63) is 30.4 Å². The topological polar surface area (TPSA) is 76.5 Å². The molecule has 19 heavy (non-hydrogen) atoms. The molecule has 2 N–H and O–H groups in total. The number of amides is 1. The van der Waals surface area contributed by atoms with Crippen LogP contribution in [0.25, 0.3) is 5.78 Å². The highest BCUT2D eigenvalue weighted by Crippen LogP contribution is 2.18. The number of rotatable bonds is 2. The Morgan fingerprint density at radius 2 is 2.37 bits per heavy atom. The summed E-state index contributed by atoms with van der Waals surface area (Å²) in [6.45, 7) is 1.28. The molecule has 0 aromatic carbocycles. The predicted octanol–water partition coefficient (Wildman–Crippen LogP) is 0.683. The second-order valence-electron chi connectivity index (χ2n) is 4.84. The molecule has 1 aliphatic heterocycles. The van der Waals surface area contributed by atoms with Crippen LogP contribution in [0.3, 0.4) is 0 Å². The molecule has 1 fully saturated rings. The van der Waals surface area contributed by atoms with Gasteiger partial charge in [0, 0.05) is 37.7 Å². The number of hydrogen-bond acceptors (Lipinski definition) is 4. The van der Waals surface area contributed by atoms with E-state index in [4.69, 9.17) is 5.73 Å². The van der Waals surface area contributed by atoms with E-state index in [0.29, 0.717) is 18.0 Å². The second kappa shape index (κ2) is 4.97. The van der Waals surface area contributed by atoms with Crippen molar-refractivity contribution in [3.63, 3.8) is 0 Å². The molecule has 3 heterocycles. The molecule has 1 aliphatic rings. The van der Waals surface area contributed by atoms with Gasteiger partial charge in [0.25, 0.3) is 5.91 Å². The predicted molar refractivity (Wildman–Crippen MR) is 70.7 cm³/mol. The lowest BCUT2D eigenvalue weighted by molar-refractivity contribution is 0.0618. The molecule has 0 radical (unpaired) electrons. The van der Waals surface area contributed by atoms with Crippen LogP contribution < -0.4 is 5.73 Å². The third kappa shape index (κ3) is 2.19. The van der Waals surface area contributed by atoms with E-state index >= 15 is 0 Å².